The zero-order valence-corrected chi connectivity index (χ0v) is 10.9. The molecule has 1 atom stereocenters. The van der Waals surface area contributed by atoms with Crippen LogP contribution in [0.5, 0.6) is 11.5 Å². The number of rotatable bonds is 3. The molecule has 2 N–H and O–H groups in total. The Hall–Kier alpha value is -1.65. The molecule has 19 heavy (non-hydrogen) atoms. The van der Waals surface area contributed by atoms with E-state index in [-0.39, 0.29) is 17.5 Å². The lowest BCUT2D eigenvalue weighted by Gasteiger charge is -2.11. The van der Waals surface area contributed by atoms with E-state index in [1.54, 1.807) is 18.2 Å². The minimum absolute atomic E-state index is 0.169. The lowest BCUT2D eigenvalue weighted by atomic mass is 10.1. The first kappa shape index (κ1) is 13.8. The molecule has 0 aliphatic carbocycles. The minimum atomic E-state index is -1.05. The van der Waals surface area contributed by atoms with Crippen LogP contribution >= 0.6 is 11.6 Å². The largest absolute Gasteiger partial charge is 0.453 e. The van der Waals surface area contributed by atoms with Crippen molar-refractivity contribution < 1.29 is 13.5 Å². The number of halogens is 3. The van der Waals surface area contributed by atoms with Crippen molar-refractivity contribution in [1.29, 1.82) is 0 Å². The molecule has 0 aliphatic rings. The molecule has 2 aromatic carbocycles. The molecule has 0 fully saturated rings. The molecule has 0 heterocycles. The van der Waals surface area contributed by atoms with Gasteiger partial charge in [-0.25, -0.2) is 4.39 Å². The second-order valence-corrected chi connectivity index (χ2v) is 4.54. The summed E-state index contributed by atoms with van der Waals surface area (Å²) < 4.78 is 31.8. The van der Waals surface area contributed by atoms with Crippen LogP contribution in [0.25, 0.3) is 0 Å². The molecular weight excluding hydrogens is 272 g/mol. The van der Waals surface area contributed by atoms with E-state index in [0.29, 0.717) is 5.02 Å². The van der Waals surface area contributed by atoms with Gasteiger partial charge in [0.2, 0.25) is 5.82 Å². The van der Waals surface area contributed by atoms with Crippen LogP contribution in [0, 0.1) is 11.6 Å². The van der Waals surface area contributed by atoms with Gasteiger partial charge in [-0.15, -0.1) is 0 Å². The quantitative estimate of drug-likeness (QED) is 0.904. The smallest absolute Gasteiger partial charge is 0.201 e. The van der Waals surface area contributed by atoms with Crippen LogP contribution in [0.1, 0.15) is 18.5 Å². The van der Waals surface area contributed by atoms with Crippen molar-refractivity contribution in [3.63, 3.8) is 0 Å². The van der Waals surface area contributed by atoms with Crippen molar-refractivity contribution in [3.05, 3.63) is 58.6 Å². The van der Waals surface area contributed by atoms with Crippen molar-refractivity contribution in [3.8, 4) is 11.5 Å². The Kier molecular flexibility index (Phi) is 4.02. The van der Waals surface area contributed by atoms with Gasteiger partial charge >= 0.3 is 0 Å². The van der Waals surface area contributed by atoms with Crippen molar-refractivity contribution >= 4 is 11.6 Å². The van der Waals surface area contributed by atoms with E-state index in [1.165, 1.54) is 12.1 Å². The van der Waals surface area contributed by atoms with Crippen LogP contribution in [0.15, 0.2) is 36.4 Å². The third-order valence-corrected chi connectivity index (χ3v) is 2.91. The molecule has 0 saturated carbocycles. The first-order valence-electron chi connectivity index (χ1n) is 5.66. The van der Waals surface area contributed by atoms with Crippen molar-refractivity contribution in [1.82, 2.24) is 0 Å². The van der Waals surface area contributed by atoms with Gasteiger partial charge in [-0.2, -0.15) is 4.39 Å². The van der Waals surface area contributed by atoms with Crippen LogP contribution in [0.2, 0.25) is 5.02 Å². The average Bonchev–Trinajstić information content (AvgIpc) is 2.37. The van der Waals surface area contributed by atoms with Crippen LogP contribution in [0.4, 0.5) is 8.78 Å². The molecule has 100 valence electrons. The Morgan fingerprint density at radius 3 is 2.53 bits per heavy atom. The van der Waals surface area contributed by atoms with Gasteiger partial charge in [-0.1, -0.05) is 23.7 Å². The highest BCUT2D eigenvalue weighted by Gasteiger charge is 2.12. The summed E-state index contributed by atoms with van der Waals surface area (Å²) in [4.78, 5) is 0. The molecule has 0 spiro atoms. The second-order valence-electron chi connectivity index (χ2n) is 4.13. The molecule has 0 saturated heterocycles. The first-order chi connectivity index (χ1) is 8.99. The number of hydrogen-bond acceptors (Lipinski definition) is 2. The Balaban J connectivity index is 2.31. The summed E-state index contributed by atoms with van der Waals surface area (Å²) in [5.74, 6) is -1.98. The van der Waals surface area contributed by atoms with Crippen LogP contribution in [0.3, 0.4) is 0 Å². The maximum atomic E-state index is 13.5. The monoisotopic (exact) mass is 283 g/mol. The summed E-state index contributed by atoms with van der Waals surface area (Å²) in [7, 11) is 0. The summed E-state index contributed by atoms with van der Waals surface area (Å²) >= 11 is 6.02. The van der Waals surface area contributed by atoms with Crippen molar-refractivity contribution in [2.45, 2.75) is 13.0 Å². The van der Waals surface area contributed by atoms with Gasteiger partial charge in [0.15, 0.2) is 11.6 Å². The number of nitrogens with two attached hydrogens (primary N) is 1. The van der Waals surface area contributed by atoms with E-state index in [4.69, 9.17) is 22.1 Å². The van der Waals surface area contributed by atoms with Gasteiger partial charge in [-0.05, 0) is 36.8 Å². The number of hydrogen-bond donors (Lipinski definition) is 1. The highest BCUT2D eigenvalue weighted by atomic mass is 35.5. The predicted octanol–water partition coefficient (Wildman–Crippen LogP) is 4.43. The van der Waals surface area contributed by atoms with E-state index in [2.05, 4.69) is 0 Å². The topological polar surface area (TPSA) is 35.2 Å². The molecule has 0 amide bonds. The number of benzene rings is 2. The SMILES string of the molecule is C[C@@H](N)c1ccc(Oc2cccc(F)c2F)c(Cl)c1. The summed E-state index contributed by atoms with van der Waals surface area (Å²) in [5.41, 5.74) is 6.55. The molecule has 2 rings (SSSR count). The molecule has 5 heteroatoms. The molecule has 0 unspecified atom stereocenters. The molecular formula is C14H12ClF2NO. The zero-order valence-electron chi connectivity index (χ0n) is 10.2. The second kappa shape index (κ2) is 5.55. The van der Waals surface area contributed by atoms with E-state index >= 15 is 0 Å². The first-order valence-corrected chi connectivity index (χ1v) is 6.03. The molecule has 2 nitrogen and oxygen atoms in total. The molecule has 0 bridgehead atoms. The summed E-state index contributed by atoms with van der Waals surface area (Å²) in [6.45, 7) is 1.82. The van der Waals surface area contributed by atoms with Crippen LogP contribution < -0.4 is 10.5 Å². The molecule has 0 aromatic heterocycles. The van der Waals surface area contributed by atoms with Crippen LogP contribution in [-0.4, -0.2) is 0 Å². The van der Waals surface area contributed by atoms with Gasteiger partial charge in [-0.3, -0.25) is 0 Å². The van der Waals surface area contributed by atoms with Gasteiger partial charge in [0.1, 0.15) is 5.75 Å². The fourth-order valence-electron chi connectivity index (χ4n) is 1.56. The average molecular weight is 284 g/mol. The highest BCUT2D eigenvalue weighted by molar-refractivity contribution is 6.32. The lowest BCUT2D eigenvalue weighted by molar-refractivity contribution is 0.416. The van der Waals surface area contributed by atoms with E-state index in [1.807, 2.05) is 6.92 Å². The fourth-order valence-corrected chi connectivity index (χ4v) is 1.79. The van der Waals surface area contributed by atoms with Gasteiger partial charge in [0.25, 0.3) is 0 Å². The normalized spacial score (nSPS) is 12.3. The van der Waals surface area contributed by atoms with Crippen molar-refractivity contribution in [2.75, 3.05) is 0 Å². The standard InChI is InChI=1S/C14H12ClF2NO/c1-8(18)9-5-6-12(10(15)7-9)19-13-4-2-3-11(16)14(13)17/h2-8H,18H2,1H3/t8-/m1/s1. The highest BCUT2D eigenvalue weighted by Crippen LogP contribution is 2.32. The summed E-state index contributed by atoms with van der Waals surface area (Å²) in [5, 5.41) is 0.290. The summed E-state index contributed by atoms with van der Waals surface area (Å²) in [6, 6.07) is 8.47. The van der Waals surface area contributed by atoms with E-state index < -0.39 is 11.6 Å². The Bertz CT molecular complexity index is 602. The van der Waals surface area contributed by atoms with E-state index in [9.17, 15) is 8.78 Å². The Morgan fingerprint density at radius 1 is 1.16 bits per heavy atom. The Labute approximate surface area is 114 Å². The maximum absolute atomic E-state index is 13.5. The van der Waals surface area contributed by atoms with E-state index in [0.717, 1.165) is 11.6 Å². The lowest BCUT2D eigenvalue weighted by Crippen LogP contribution is -2.04. The fraction of sp³-hybridized carbons (Fsp3) is 0.143. The minimum Gasteiger partial charge on any atom is -0.453 e. The van der Waals surface area contributed by atoms with Crippen molar-refractivity contribution in [2.24, 2.45) is 5.73 Å². The van der Waals surface area contributed by atoms with Gasteiger partial charge in [0.05, 0.1) is 5.02 Å². The third-order valence-electron chi connectivity index (χ3n) is 2.62. The molecule has 0 radical (unpaired) electrons. The third kappa shape index (κ3) is 3.03. The Morgan fingerprint density at radius 2 is 1.89 bits per heavy atom. The van der Waals surface area contributed by atoms with Crippen LogP contribution in [-0.2, 0) is 0 Å². The molecule has 0 aliphatic heterocycles. The van der Waals surface area contributed by atoms with Gasteiger partial charge in [0, 0.05) is 6.04 Å². The molecule has 2 aromatic rings. The summed E-state index contributed by atoms with van der Waals surface area (Å²) in [6.07, 6.45) is 0. The zero-order chi connectivity index (χ0) is 14.0. The number of ether oxygens (including phenoxy) is 1. The van der Waals surface area contributed by atoms with Gasteiger partial charge < -0.3 is 10.5 Å². The predicted molar refractivity (Wildman–Crippen MR) is 70.5 cm³/mol. The maximum Gasteiger partial charge on any atom is 0.201 e.